The van der Waals surface area contributed by atoms with Crippen LogP contribution < -0.4 is 0 Å². The second-order valence-electron chi connectivity index (χ2n) is 1.93. The minimum absolute atomic E-state index is 0.206. The molecule has 0 unspecified atom stereocenters. The van der Waals surface area contributed by atoms with Crippen LogP contribution in [0.1, 0.15) is 10.4 Å². The lowest BCUT2D eigenvalue weighted by Crippen LogP contribution is -1.90. The van der Waals surface area contributed by atoms with Crippen LogP contribution in [0.4, 0.5) is 0 Å². The normalized spacial score (nSPS) is 9.40. The van der Waals surface area contributed by atoms with Crippen LogP contribution in [0.2, 0.25) is 5.02 Å². The van der Waals surface area contributed by atoms with Crippen LogP contribution >= 0.6 is 11.6 Å². The molecular weight excluding hydrogens is 148 g/mol. The standard InChI is InChI=1S/C8H6ClO/c1-6(10)7-3-2-4-8(9)5-7/h2-5H,1H2. The van der Waals surface area contributed by atoms with E-state index >= 15 is 0 Å². The van der Waals surface area contributed by atoms with Gasteiger partial charge in [0.25, 0.3) is 0 Å². The minimum Gasteiger partial charge on any atom is -0.294 e. The number of benzene rings is 1. The third-order valence-electron chi connectivity index (χ3n) is 1.15. The molecule has 0 fully saturated rings. The number of hydrogen-bond donors (Lipinski definition) is 0. The van der Waals surface area contributed by atoms with Crippen molar-refractivity contribution in [2.24, 2.45) is 0 Å². The fourth-order valence-electron chi connectivity index (χ4n) is 0.662. The summed E-state index contributed by atoms with van der Waals surface area (Å²) in [5.74, 6) is -0.206. The SMILES string of the molecule is [CH2]C(=O)c1cccc(Cl)c1. The Morgan fingerprint density at radius 1 is 1.50 bits per heavy atom. The largest absolute Gasteiger partial charge is 0.294 e. The van der Waals surface area contributed by atoms with Crippen LogP contribution in [0.25, 0.3) is 0 Å². The molecule has 0 aliphatic heterocycles. The van der Waals surface area contributed by atoms with Crippen LogP contribution in [-0.2, 0) is 0 Å². The van der Waals surface area contributed by atoms with Gasteiger partial charge in [-0.25, -0.2) is 0 Å². The zero-order valence-corrected chi connectivity index (χ0v) is 6.06. The predicted octanol–water partition coefficient (Wildman–Crippen LogP) is 2.36. The monoisotopic (exact) mass is 153 g/mol. The Labute approximate surface area is 64.6 Å². The van der Waals surface area contributed by atoms with Gasteiger partial charge < -0.3 is 0 Å². The van der Waals surface area contributed by atoms with E-state index in [1.165, 1.54) is 0 Å². The first-order valence-electron chi connectivity index (χ1n) is 2.82. The van der Waals surface area contributed by atoms with Crippen LogP contribution in [0.15, 0.2) is 24.3 Å². The molecule has 10 heavy (non-hydrogen) atoms. The summed E-state index contributed by atoms with van der Waals surface area (Å²) in [4.78, 5) is 10.6. The summed E-state index contributed by atoms with van der Waals surface area (Å²) >= 11 is 5.61. The lowest BCUT2D eigenvalue weighted by Gasteiger charge is -1.93. The average Bonchev–Trinajstić information content (AvgIpc) is 1.88. The first-order chi connectivity index (χ1) is 4.70. The smallest absolute Gasteiger partial charge is 0.163 e. The number of ketones is 1. The molecule has 1 radical (unpaired) electrons. The van der Waals surface area contributed by atoms with Crippen molar-refractivity contribution in [1.82, 2.24) is 0 Å². The van der Waals surface area contributed by atoms with Gasteiger partial charge in [0.15, 0.2) is 5.78 Å². The molecule has 1 aromatic rings. The summed E-state index contributed by atoms with van der Waals surface area (Å²) < 4.78 is 0. The Morgan fingerprint density at radius 2 is 2.20 bits per heavy atom. The molecule has 0 N–H and O–H groups in total. The van der Waals surface area contributed by atoms with Gasteiger partial charge >= 0.3 is 0 Å². The van der Waals surface area contributed by atoms with Crippen molar-refractivity contribution in [3.05, 3.63) is 41.8 Å². The molecule has 0 amide bonds. The quantitative estimate of drug-likeness (QED) is 0.566. The molecule has 0 atom stereocenters. The molecule has 0 heterocycles. The third-order valence-corrected chi connectivity index (χ3v) is 1.38. The van der Waals surface area contributed by atoms with Gasteiger partial charge in [-0.15, -0.1) is 0 Å². The van der Waals surface area contributed by atoms with E-state index in [2.05, 4.69) is 6.92 Å². The second-order valence-corrected chi connectivity index (χ2v) is 2.37. The van der Waals surface area contributed by atoms with E-state index in [0.29, 0.717) is 10.6 Å². The molecule has 1 rings (SSSR count). The summed E-state index contributed by atoms with van der Waals surface area (Å²) in [7, 11) is 0. The van der Waals surface area contributed by atoms with E-state index in [1.54, 1.807) is 24.3 Å². The molecule has 1 nitrogen and oxygen atoms in total. The molecule has 0 spiro atoms. The molecule has 0 aliphatic carbocycles. The van der Waals surface area contributed by atoms with Gasteiger partial charge in [0.2, 0.25) is 0 Å². The first kappa shape index (κ1) is 7.29. The van der Waals surface area contributed by atoms with E-state index in [4.69, 9.17) is 11.6 Å². The Hall–Kier alpha value is -0.820. The van der Waals surface area contributed by atoms with E-state index in [9.17, 15) is 4.79 Å². The van der Waals surface area contributed by atoms with Gasteiger partial charge in [-0.2, -0.15) is 0 Å². The first-order valence-corrected chi connectivity index (χ1v) is 3.20. The molecule has 2 heteroatoms. The molecule has 0 saturated carbocycles. The predicted molar refractivity (Wildman–Crippen MR) is 41.1 cm³/mol. The fourth-order valence-corrected chi connectivity index (χ4v) is 0.852. The second kappa shape index (κ2) is 2.84. The topological polar surface area (TPSA) is 17.1 Å². The van der Waals surface area contributed by atoms with Crippen molar-refractivity contribution in [3.63, 3.8) is 0 Å². The number of hydrogen-bond acceptors (Lipinski definition) is 1. The van der Waals surface area contributed by atoms with Gasteiger partial charge in [-0.3, -0.25) is 4.79 Å². The molecule has 1 aromatic carbocycles. The van der Waals surface area contributed by atoms with Crippen molar-refractivity contribution in [3.8, 4) is 0 Å². The molecule has 0 aromatic heterocycles. The highest BCUT2D eigenvalue weighted by molar-refractivity contribution is 6.31. The highest BCUT2D eigenvalue weighted by Crippen LogP contribution is 2.10. The van der Waals surface area contributed by atoms with Crippen molar-refractivity contribution in [1.29, 1.82) is 0 Å². The number of carbonyl (C=O) groups is 1. The Balaban J connectivity index is 3.07. The minimum atomic E-state index is -0.206. The zero-order valence-electron chi connectivity index (χ0n) is 5.30. The highest BCUT2D eigenvalue weighted by Gasteiger charge is 1.97. The van der Waals surface area contributed by atoms with Gasteiger partial charge in [0.1, 0.15) is 0 Å². The van der Waals surface area contributed by atoms with Crippen LogP contribution in [0, 0.1) is 6.92 Å². The van der Waals surface area contributed by atoms with Crippen molar-refractivity contribution < 1.29 is 4.79 Å². The van der Waals surface area contributed by atoms with Crippen molar-refractivity contribution in [2.75, 3.05) is 0 Å². The Kier molecular flexibility index (Phi) is 2.07. The number of halogens is 1. The van der Waals surface area contributed by atoms with E-state index < -0.39 is 0 Å². The van der Waals surface area contributed by atoms with Crippen molar-refractivity contribution in [2.45, 2.75) is 0 Å². The third kappa shape index (κ3) is 1.58. The Bertz CT molecular complexity index is 255. The van der Waals surface area contributed by atoms with Gasteiger partial charge in [-0.1, -0.05) is 23.7 Å². The summed E-state index contributed by atoms with van der Waals surface area (Å²) in [6, 6.07) is 6.72. The lowest BCUT2D eigenvalue weighted by molar-refractivity contribution is 0.104. The zero-order chi connectivity index (χ0) is 7.56. The summed E-state index contributed by atoms with van der Waals surface area (Å²) in [5, 5.41) is 0.564. The molecule has 0 bridgehead atoms. The number of Topliss-reactive ketones (excluding diaryl/α,β-unsaturated/α-hetero) is 1. The molecule has 0 aliphatic rings. The van der Waals surface area contributed by atoms with E-state index in [-0.39, 0.29) is 5.78 Å². The summed E-state index contributed by atoms with van der Waals surface area (Å²) in [5.41, 5.74) is 0.549. The number of carbonyl (C=O) groups excluding carboxylic acids is 1. The van der Waals surface area contributed by atoms with Crippen molar-refractivity contribution >= 4 is 17.4 Å². The average molecular weight is 154 g/mol. The van der Waals surface area contributed by atoms with Crippen LogP contribution in [-0.4, -0.2) is 5.78 Å². The van der Waals surface area contributed by atoms with Gasteiger partial charge in [-0.05, 0) is 12.1 Å². The summed E-state index contributed by atoms with van der Waals surface area (Å²) in [6.07, 6.45) is 0. The molecule has 51 valence electrons. The van der Waals surface area contributed by atoms with E-state index in [0.717, 1.165) is 0 Å². The summed E-state index contributed by atoms with van der Waals surface area (Å²) in [6.45, 7) is 3.25. The fraction of sp³-hybridized carbons (Fsp3) is 0. The lowest BCUT2D eigenvalue weighted by atomic mass is 10.2. The maximum atomic E-state index is 10.6. The van der Waals surface area contributed by atoms with Gasteiger partial charge in [0.05, 0.1) is 0 Å². The number of rotatable bonds is 1. The Morgan fingerprint density at radius 3 is 2.60 bits per heavy atom. The maximum absolute atomic E-state index is 10.6. The maximum Gasteiger partial charge on any atom is 0.163 e. The molecule has 0 saturated heterocycles. The van der Waals surface area contributed by atoms with Crippen LogP contribution in [0.3, 0.4) is 0 Å². The van der Waals surface area contributed by atoms with E-state index in [1.807, 2.05) is 0 Å². The molecular formula is C8H6ClO. The highest BCUT2D eigenvalue weighted by atomic mass is 35.5. The van der Waals surface area contributed by atoms with Crippen LogP contribution in [0.5, 0.6) is 0 Å². The van der Waals surface area contributed by atoms with Gasteiger partial charge in [0, 0.05) is 17.5 Å².